The highest BCUT2D eigenvalue weighted by molar-refractivity contribution is 9.10. The molecule has 0 radical (unpaired) electrons. The first-order chi connectivity index (χ1) is 7.34. The van der Waals surface area contributed by atoms with Crippen molar-refractivity contribution in [3.63, 3.8) is 0 Å². The Labute approximate surface area is 101 Å². The first-order valence-corrected chi connectivity index (χ1v) is 5.69. The molecule has 0 saturated heterocycles. The van der Waals surface area contributed by atoms with Crippen LogP contribution in [0.3, 0.4) is 0 Å². The SMILES string of the molecule is O=C(NCC(F)(F)C(F)F)c1sccc1Br. The fraction of sp³-hybridized carbons (Fsp3) is 0.375. The van der Waals surface area contributed by atoms with Gasteiger partial charge in [0.2, 0.25) is 0 Å². The van der Waals surface area contributed by atoms with E-state index in [1.165, 1.54) is 0 Å². The lowest BCUT2D eigenvalue weighted by molar-refractivity contribution is -0.123. The van der Waals surface area contributed by atoms with E-state index < -0.39 is 24.8 Å². The molecule has 0 fully saturated rings. The van der Waals surface area contributed by atoms with Crippen molar-refractivity contribution in [2.75, 3.05) is 6.54 Å². The Hall–Kier alpha value is -0.630. The number of carbonyl (C=O) groups is 1. The van der Waals surface area contributed by atoms with Crippen molar-refractivity contribution in [1.29, 1.82) is 0 Å². The summed E-state index contributed by atoms with van der Waals surface area (Å²) in [6.07, 6.45) is -3.79. The summed E-state index contributed by atoms with van der Waals surface area (Å²) < 4.78 is 48.9. The molecule has 1 heterocycles. The highest BCUT2D eigenvalue weighted by atomic mass is 79.9. The van der Waals surface area contributed by atoms with Crippen LogP contribution in [0.1, 0.15) is 9.67 Å². The van der Waals surface area contributed by atoms with E-state index in [-0.39, 0.29) is 4.88 Å². The average Bonchev–Trinajstić information content (AvgIpc) is 2.61. The van der Waals surface area contributed by atoms with Gasteiger partial charge >= 0.3 is 12.3 Å². The fourth-order valence-electron chi connectivity index (χ4n) is 0.811. The van der Waals surface area contributed by atoms with E-state index in [1.54, 1.807) is 16.8 Å². The molecule has 0 aromatic carbocycles. The molecule has 8 heteroatoms. The van der Waals surface area contributed by atoms with Crippen LogP contribution in [0.25, 0.3) is 0 Å². The Morgan fingerprint density at radius 1 is 1.56 bits per heavy atom. The van der Waals surface area contributed by atoms with Crippen molar-refractivity contribution in [2.24, 2.45) is 0 Å². The molecular weight excluding hydrogens is 314 g/mol. The van der Waals surface area contributed by atoms with E-state index in [0.29, 0.717) is 4.47 Å². The van der Waals surface area contributed by atoms with Crippen LogP contribution in [0.15, 0.2) is 15.9 Å². The average molecular weight is 320 g/mol. The number of amides is 1. The van der Waals surface area contributed by atoms with Crippen molar-refractivity contribution in [3.8, 4) is 0 Å². The Morgan fingerprint density at radius 3 is 2.62 bits per heavy atom. The molecule has 0 bridgehead atoms. The number of rotatable bonds is 4. The molecule has 90 valence electrons. The molecule has 0 aliphatic carbocycles. The van der Waals surface area contributed by atoms with Crippen LogP contribution in [-0.2, 0) is 0 Å². The van der Waals surface area contributed by atoms with Gasteiger partial charge < -0.3 is 5.32 Å². The lowest BCUT2D eigenvalue weighted by Gasteiger charge is -2.15. The molecule has 0 saturated carbocycles. The zero-order valence-electron chi connectivity index (χ0n) is 7.65. The summed E-state index contributed by atoms with van der Waals surface area (Å²) in [7, 11) is 0. The second-order valence-electron chi connectivity index (χ2n) is 2.84. The summed E-state index contributed by atoms with van der Waals surface area (Å²) in [5.74, 6) is -5.01. The van der Waals surface area contributed by atoms with Gasteiger partial charge in [0.1, 0.15) is 4.88 Å². The third-order valence-electron chi connectivity index (χ3n) is 1.63. The van der Waals surface area contributed by atoms with Crippen molar-refractivity contribution in [1.82, 2.24) is 5.32 Å². The molecule has 0 spiro atoms. The largest absolute Gasteiger partial charge is 0.345 e. The number of hydrogen-bond acceptors (Lipinski definition) is 2. The van der Waals surface area contributed by atoms with E-state index in [1.807, 2.05) is 0 Å². The quantitative estimate of drug-likeness (QED) is 0.849. The second-order valence-corrected chi connectivity index (χ2v) is 4.61. The van der Waals surface area contributed by atoms with Gasteiger partial charge in [0.25, 0.3) is 5.91 Å². The Bertz CT molecular complexity index is 382. The lowest BCUT2D eigenvalue weighted by Crippen LogP contribution is -2.41. The van der Waals surface area contributed by atoms with E-state index in [2.05, 4.69) is 15.9 Å². The van der Waals surface area contributed by atoms with Crippen molar-refractivity contribution >= 4 is 33.2 Å². The maximum atomic E-state index is 12.5. The number of hydrogen-bond donors (Lipinski definition) is 1. The minimum absolute atomic E-state index is 0.171. The predicted molar refractivity (Wildman–Crippen MR) is 55.3 cm³/mol. The number of halogens is 5. The standard InChI is InChI=1S/C8H6BrF4NOS/c9-4-1-2-16-5(4)6(15)14-3-8(12,13)7(10)11/h1-2,7H,3H2,(H,14,15). The summed E-state index contributed by atoms with van der Waals surface area (Å²) in [5.41, 5.74) is 0. The van der Waals surface area contributed by atoms with Crippen LogP contribution in [0.5, 0.6) is 0 Å². The van der Waals surface area contributed by atoms with Gasteiger partial charge in [-0.15, -0.1) is 11.3 Å². The van der Waals surface area contributed by atoms with Gasteiger partial charge in [-0.2, -0.15) is 8.78 Å². The van der Waals surface area contributed by atoms with Crippen LogP contribution < -0.4 is 5.32 Å². The summed E-state index contributed by atoms with van der Waals surface area (Å²) >= 11 is 4.06. The molecule has 0 aliphatic rings. The maximum Gasteiger partial charge on any atom is 0.324 e. The van der Waals surface area contributed by atoms with Crippen LogP contribution in [-0.4, -0.2) is 24.8 Å². The van der Waals surface area contributed by atoms with Crippen LogP contribution in [0, 0.1) is 0 Å². The highest BCUT2D eigenvalue weighted by Crippen LogP contribution is 2.24. The second kappa shape index (κ2) is 5.13. The molecule has 0 atom stereocenters. The summed E-state index contributed by atoms with van der Waals surface area (Å²) in [6, 6.07) is 1.56. The summed E-state index contributed by atoms with van der Waals surface area (Å²) in [4.78, 5) is 11.5. The van der Waals surface area contributed by atoms with Gasteiger partial charge in [-0.3, -0.25) is 4.79 Å². The third kappa shape index (κ3) is 3.18. The van der Waals surface area contributed by atoms with E-state index in [4.69, 9.17) is 0 Å². The van der Waals surface area contributed by atoms with Gasteiger partial charge in [0, 0.05) is 4.47 Å². The third-order valence-corrected chi connectivity index (χ3v) is 3.46. The Balaban J connectivity index is 2.58. The van der Waals surface area contributed by atoms with Gasteiger partial charge in [-0.1, -0.05) is 0 Å². The fourth-order valence-corrected chi connectivity index (χ4v) is 2.28. The zero-order valence-corrected chi connectivity index (χ0v) is 10.0. The van der Waals surface area contributed by atoms with E-state index >= 15 is 0 Å². The molecule has 1 amide bonds. The van der Waals surface area contributed by atoms with Gasteiger partial charge in [0.05, 0.1) is 6.54 Å². The topological polar surface area (TPSA) is 29.1 Å². The molecule has 1 aromatic heterocycles. The van der Waals surface area contributed by atoms with Gasteiger partial charge in [-0.25, -0.2) is 8.78 Å². The van der Waals surface area contributed by atoms with Crippen LogP contribution >= 0.6 is 27.3 Å². The number of thiophene rings is 1. The molecule has 2 nitrogen and oxygen atoms in total. The maximum absolute atomic E-state index is 12.5. The van der Waals surface area contributed by atoms with Crippen LogP contribution in [0.2, 0.25) is 0 Å². The minimum Gasteiger partial charge on any atom is -0.345 e. The Morgan fingerprint density at radius 2 is 2.19 bits per heavy atom. The number of nitrogens with one attached hydrogen (secondary N) is 1. The molecule has 1 aromatic rings. The van der Waals surface area contributed by atoms with Crippen molar-refractivity contribution in [2.45, 2.75) is 12.3 Å². The molecule has 1 N–H and O–H groups in total. The highest BCUT2D eigenvalue weighted by Gasteiger charge is 2.40. The molecule has 0 aliphatic heterocycles. The zero-order chi connectivity index (χ0) is 12.3. The summed E-state index contributed by atoms with van der Waals surface area (Å²) in [5, 5.41) is 3.33. The lowest BCUT2D eigenvalue weighted by atomic mass is 10.3. The molecular formula is C8H6BrF4NOS. The normalized spacial score (nSPS) is 11.9. The van der Waals surface area contributed by atoms with Gasteiger partial charge in [0.15, 0.2) is 0 Å². The number of alkyl halides is 4. The van der Waals surface area contributed by atoms with E-state index in [0.717, 1.165) is 11.3 Å². The first kappa shape index (κ1) is 13.4. The predicted octanol–water partition coefficient (Wildman–Crippen LogP) is 3.14. The monoisotopic (exact) mass is 319 g/mol. The van der Waals surface area contributed by atoms with E-state index in [9.17, 15) is 22.4 Å². The Kier molecular flexibility index (Phi) is 4.31. The van der Waals surface area contributed by atoms with Gasteiger partial charge in [-0.05, 0) is 27.4 Å². The minimum atomic E-state index is -4.21. The molecule has 16 heavy (non-hydrogen) atoms. The smallest absolute Gasteiger partial charge is 0.324 e. The summed E-state index contributed by atoms with van der Waals surface area (Å²) in [6.45, 7) is -1.38. The number of carbonyl (C=O) groups excluding carboxylic acids is 1. The van der Waals surface area contributed by atoms with Crippen molar-refractivity contribution in [3.05, 3.63) is 20.8 Å². The molecule has 0 unspecified atom stereocenters. The first-order valence-electron chi connectivity index (χ1n) is 4.02. The van der Waals surface area contributed by atoms with Crippen molar-refractivity contribution < 1.29 is 22.4 Å². The van der Waals surface area contributed by atoms with Crippen LogP contribution in [0.4, 0.5) is 17.6 Å². The molecule has 1 rings (SSSR count).